The minimum atomic E-state index is -0.717. The first-order valence-electron chi connectivity index (χ1n) is 8.39. The molecule has 0 spiro atoms. The topological polar surface area (TPSA) is 57.6 Å². The van der Waals surface area contributed by atoms with Gasteiger partial charge in [0.1, 0.15) is 0 Å². The van der Waals surface area contributed by atoms with Crippen LogP contribution in [0.5, 0.6) is 0 Å². The molecule has 2 saturated carbocycles. The minimum absolute atomic E-state index is 0.112. The van der Waals surface area contributed by atoms with Gasteiger partial charge in [0, 0.05) is 19.0 Å². The fourth-order valence-corrected chi connectivity index (χ4v) is 4.44. The van der Waals surface area contributed by atoms with Crippen LogP contribution >= 0.6 is 0 Å². The monoisotopic (exact) mass is 293 g/mol. The van der Waals surface area contributed by atoms with Gasteiger partial charge in [-0.15, -0.1) is 0 Å². The summed E-state index contributed by atoms with van der Waals surface area (Å²) in [6.45, 7) is 5.59. The van der Waals surface area contributed by atoms with Crippen LogP contribution in [0.2, 0.25) is 0 Å². The van der Waals surface area contributed by atoms with E-state index in [9.17, 15) is 14.7 Å². The van der Waals surface area contributed by atoms with E-state index in [1.165, 1.54) is 6.42 Å². The molecule has 3 atom stereocenters. The third-order valence-corrected chi connectivity index (χ3v) is 5.78. The number of hydrogen-bond acceptors (Lipinski definition) is 2. The lowest BCUT2D eigenvalue weighted by atomic mass is 9.72. The van der Waals surface area contributed by atoms with Crippen LogP contribution in [0.25, 0.3) is 0 Å². The lowest BCUT2D eigenvalue weighted by molar-refractivity contribution is -0.143. The standard InChI is InChI=1S/C17H27NO3/c1-17(2)7-3-4-12(8-17)15(19)18-9-13(11-5-6-11)14(10-18)16(20)21/h11-14H,3-10H2,1-2H3,(H,20,21)/t12?,13-,14+/m1/s1. The maximum atomic E-state index is 12.8. The molecule has 4 nitrogen and oxygen atoms in total. The van der Waals surface area contributed by atoms with E-state index in [-0.39, 0.29) is 29.1 Å². The number of carboxylic acid groups (broad SMARTS) is 1. The molecule has 1 saturated heterocycles. The Morgan fingerprint density at radius 3 is 2.43 bits per heavy atom. The number of carboxylic acids is 1. The lowest BCUT2D eigenvalue weighted by Gasteiger charge is -2.36. The number of carbonyl (C=O) groups is 2. The van der Waals surface area contributed by atoms with Crippen molar-refractivity contribution in [1.82, 2.24) is 4.90 Å². The van der Waals surface area contributed by atoms with Gasteiger partial charge in [-0.2, -0.15) is 0 Å². The van der Waals surface area contributed by atoms with Crippen LogP contribution < -0.4 is 0 Å². The first kappa shape index (κ1) is 14.9. The highest BCUT2D eigenvalue weighted by atomic mass is 16.4. The molecule has 0 bridgehead atoms. The Bertz CT molecular complexity index is 441. The predicted molar refractivity (Wildman–Crippen MR) is 79.7 cm³/mol. The fourth-order valence-electron chi connectivity index (χ4n) is 4.44. The van der Waals surface area contributed by atoms with Crippen LogP contribution in [0.3, 0.4) is 0 Å². The molecule has 0 radical (unpaired) electrons. The smallest absolute Gasteiger partial charge is 0.308 e. The van der Waals surface area contributed by atoms with Crippen molar-refractivity contribution in [3.63, 3.8) is 0 Å². The summed E-state index contributed by atoms with van der Waals surface area (Å²) in [5.41, 5.74) is 0.250. The molecular formula is C17H27NO3. The number of nitrogens with zero attached hydrogens (tertiary/aromatic N) is 1. The van der Waals surface area contributed by atoms with Gasteiger partial charge >= 0.3 is 5.97 Å². The minimum Gasteiger partial charge on any atom is -0.481 e. The summed E-state index contributed by atoms with van der Waals surface area (Å²) < 4.78 is 0. The molecule has 1 amide bonds. The van der Waals surface area contributed by atoms with Crippen molar-refractivity contribution in [3.8, 4) is 0 Å². The number of hydrogen-bond donors (Lipinski definition) is 1. The molecular weight excluding hydrogens is 266 g/mol. The van der Waals surface area contributed by atoms with Gasteiger partial charge in [0.2, 0.25) is 5.91 Å². The van der Waals surface area contributed by atoms with Crippen LogP contribution in [-0.4, -0.2) is 35.0 Å². The number of carbonyl (C=O) groups excluding carboxylic acids is 1. The highest BCUT2D eigenvalue weighted by molar-refractivity contribution is 5.81. The fraction of sp³-hybridized carbons (Fsp3) is 0.882. The van der Waals surface area contributed by atoms with Gasteiger partial charge in [0.25, 0.3) is 0 Å². The second kappa shape index (κ2) is 5.29. The van der Waals surface area contributed by atoms with Crippen molar-refractivity contribution >= 4 is 11.9 Å². The van der Waals surface area contributed by atoms with Crippen LogP contribution in [-0.2, 0) is 9.59 Å². The normalized spacial score (nSPS) is 35.7. The zero-order chi connectivity index (χ0) is 15.2. The van der Waals surface area contributed by atoms with Gasteiger partial charge in [-0.3, -0.25) is 9.59 Å². The summed E-state index contributed by atoms with van der Waals surface area (Å²) in [7, 11) is 0. The van der Waals surface area contributed by atoms with E-state index in [0.717, 1.165) is 32.1 Å². The summed E-state index contributed by atoms with van der Waals surface area (Å²) in [5, 5.41) is 9.42. The van der Waals surface area contributed by atoms with Gasteiger partial charge in [0.15, 0.2) is 0 Å². The van der Waals surface area contributed by atoms with Crippen molar-refractivity contribution < 1.29 is 14.7 Å². The van der Waals surface area contributed by atoms with Crippen molar-refractivity contribution in [1.29, 1.82) is 0 Å². The Hall–Kier alpha value is -1.06. The van der Waals surface area contributed by atoms with Crippen LogP contribution in [0.4, 0.5) is 0 Å². The highest BCUT2D eigenvalue weighted by Gasteiger charge is 2.48. The summed E-state index contributed by atoms with van der Waals surface area (Å²) >= 11 is 0. The maximum Gasteiger partial charge on any atom is 0.308 e. The molecule has 0 aromatic rings. The van der Waals surface area contributed by atoms with Crippen molar-refractivity contribution in [2.24, 2.45) is 29.1 Å². The first-order valence-corrected chi connectivity index (χ1v) is 8.39. The lowest BCUT2D eigenvalue weighted by Crippen LogP contribution is -2.38. The van der Waals surface area contributed by atoms with E-state index in [2.05, 4.69) is 13.8 Å². The Morgan fingerprint density at radius 2 is 1.86 bits per heavy atom. The third-order valence-electron chi connectivity index (χ3n) is 5.78. The number of rotatable bonds is 3. The second-order valence-electron chi connectivity index (χ2n) is 8.15. The Balaban J connectivity index is 1.66. The van der Waals surface area contributed by atoms with E-state index in [4.69, 9.17) is 0 Å². The Kier molecular flexibility index (Phi) is 3.74. The first-order chi connectivity index (χ1) is 9.87. The molecule has 0 aromatic heterocycles. The van der Waals surface area contributed by atoms with E-state index in [0.29, 0.717) is 19.0 Å². The van der Waals surface area contributed by atoms with E-state index in [1.54, 1.807) is 0 Å². The third kappa shape index (κ3) is 3.09. The summed E-state index contributed by atoms with van der Waals surface area (Å²) in [5.74, 6) is 0.0253. The number of amides is 1. The van der Waals surface area contributed by atoms with Gasteiger partial charge in [-0.25, -0.2) is 0 Å². The molecule has 1 heterocycles. The Morgan fingerprint density at radius 1 is 1.14 bits per heavy atom. The highest BCUT2D eigenvalue weighted by Crippen LogP contribution is 2.45. The zero-order valence-electron chi connectivity index (χ0n) is 13.2. The molecule has 3 aliphatic rings. The Labute approximate surface area is 126 Å². The molecule has 21 heavy (non-hydrogen) atoms. The summed E-state index contributed by atoms with van der Waals surface area (Å²) in [4.78, 5) is 26.1. The van der Waals surface area contributed by atoms with Gasteiger partial charge in [-0.1, -0.05) is 20.3 Å². The second-order valence-corrected chi connectivity index (χ2v) is 8.15. The zero-order valence-corrected chi connectivity index (χ0v) is 13.2. The largest absolute Gasteiger partial charge is 0.481 e. The van der Waals surface area contributed by atoms with Crippen molar-refractivity contribution in [2.45, 2.75) is 52.4 Å². The number of aliphatic carboxylic acids is 1. The quantitative estimate of drug-likeness (QED) is 0.870. The average Bonchev–Trinajstić information content (AvgIpc) is 3.15. The SMILES string of the molecule is CC1(C)CCCC(C(=O)N2C[C@H](C(=O)O)[C@@H](C3CC3)C2)C1. The number of likely N-dealkylation sites (tertiary alicyclic amines) is 1. The molecule has 3 fully saturated rings. The van der Waals surface area contributed by atoms with E-state index in [1.807, 2.05) is 4.90 Å². The van der Waals surface area contributed by atoms with Gasteiger partial charge in [-0.05, 0) is 49.4 Å². The van der Waals surface area contributed by atoms with E-state index >= 15 is 0 Å². The maximum absolute atomic E-state index is 12.8. The molecule has 3 rings (SSSR count). The van der Waals surface area contributed by atoms with Crippen LogP contribution in [0.15, 0.2) is 0 Å². The van der Waals surface area contributed by atoms with Gasteiger partial charge in [0.05, 0.1) is 5.92 Å². The predicted octanol–water partition coefficient (Wildman–Crippen LogP) is 2.77. The molecule has 4 heteroatoms. The van der Waals surface area contributed by atoms with Crippen molar-refractivity contribution in [2.75, 3.05) is 13.1 Å². The molecule has 118 valence electrons. The van der Waals surface area contributed by atoms with Crippen LogP contribution in [0.1, 0.15) is 52.4 Å². The molecule has 0 aromatic carbocycles. The molecule has 2 aliphatic carbocycles. The average molecular weight is 293 g/mol. The van der Waals surface area contributed by atoms with Gasteiger partial charge < -0.3 is 10.0 Å². The molecule has 1 unspecified atom stereocenters. The summed E-state index contributed by atoms with van der Waals surface area (Å²) in [6.07, 6.45) is 6.53. The molecule has 1 N–H and O–H groups in total. The molecule has 1 aliphatic heterocycles. The van der Waals surface area contributed by atoms with Crippen molar-refractivity contribution in [3.05, 3.63) is 0 Å². The summed E-state index contributed by atoms with van der Waals surface area (Å²) in [6, 6.07) is 0. The van der Waals surface area contributed by atoms with Crippen LogP contribution in [0, 0.1) is 29.1 Å². The van der Waals surface area contributed by atoms with E-state index < -0.39 is 5.97 Å².